The predicted molar refractivity (Wildman–Crippen MR) is 70.0 cm³/mol. The first-order valence-electron chi connectivity index (χ1n) is 6.48. The molecule has 2 fully saturated rings. The summed E-state index contributed by atoms with van der Waals surface area (Å²) >= 11 is 0. The first kappa shape index (κ1) is 13.5. The van der Waals surface area contributed by atoms with E-state index in [1.54, 1.807) is 6.08 Å². The molecule has 100 valence electrons. The second kappa shape index (κ2) is 4.04. The maximum absolute atomic E-state index is 12.4. The Hall–Kier alpha value is -0.930. The molecule has 2 N–H and O–H groups in total. The number of Topliss-reactive ketones (excluding diaryl/α,β-unsaturated/α-hetero) is 1. The fourth-order valence-corrected chi connectivity index (χ4v) is 3.85. The maximum Gasteiger partial charge on any atom is 0.171 e. The number of hydrogen-bond donors (Lipinski definition) is 2. The predicted octanol–water partition coefficient (Wildman–Crippen LogP) is 1.99. The largest absolute Gasteiger partial charge is 0.389 e. The highest BCUT2D eigenvalue weighted by Crippen LogP contribution is 2.63. The highest BCUT2D eigenvalue weighted by Gasteiger charge is 2.67. The molecule has 0 heterocycles. The van der Waals surface area contributed by atoms with Crippen LogP contribution >= 0.6 is 0 Å². The molecule has 2 aliphatic carbocycles. The van der Waals surface area contributed by atoms with Crippen LogP contribution < -0.4 is 0 Å². The van der Waals surface area contributed by atoms with E-state index in [9.17, 15) is 15.0 Å². The lowest BCUT2D eigenvalue weighted by atomic mass is 9.50. The summed E-state index contributed by atoms with van der Waals surface area (Å²) in [6, 6.07) is 0. The summed E-state index contributed by atoms with van der Waals surface area (Å²) in [5.74, 6) is -0.376. The summed E-state index contributed by atoms with van der Waals surface area (Å²) in [5, 5.41) is 20.3. The first-order valence-corrected chi connectivity index (χ1v) is 6.48. The molecule has 3 nitrogen and oxygen atoms in total. The van der Waals surface area contributed by atoms with Crippen molar-refractivity contribution >= 4 is 5.78 Å². The second-order valence-electron chi connectivity index (χ2n) is 6.34. The Morgan fingerprint density at radius 2 is 2.17 bits per heavy atom. The van der Waals surface area contributed by atoms with Gasteiger partial charge in [-0.2, -0.15) is 0 Å². The van der Waals surface area contributed by atoms with Gasteiger partial charge in [0.05, 0.1) is 5.60 Å². The van der Waals surface area contributed by atoms with Gasteiger partial charge in [-0.15, -0.1) is 0 Å². The summed E-state index contributed by atoms with van der Waals surface area (Å²) in [4.78, 5) is 12.4. The number of fused-ring (bicyclic) bond motifs is 1. The number of aliphatic hydroxyl groups is 2. The third-order valence-electron chi connectivity index (χ3n) is 4.46. The van der Waals surface area contributed by atoms with Gasteiger partial charge in [-0.3, -0.25) is 4.79 Å². The third-order valence-corrected chi connectivity index (χ3v) is 4.46. The monoisotopic (exact) mass is 250 g/mol. The Morgan fingerprint density at radius 1 is 1.56 bits per heavy atom. The zero-order chi connectivity index (χ0) is 13.7. The van der Waals surface area contributed by atoms with Crippen molar-refractivity contribution in [1.82, 2.24) is 0 Å². The van der Waals surface area contributed by atoms with Gasteiger partial charge in [-0.05, 0) is 33.1 Å². The van der Waals surface area contributed by atoms with Crippen molar-refractivity contribution in [2.75, 3.05) is 0 Å². The molecule has 0 spiro atoms. The van der Waals surface area contributed by atoms with E-state index in [-0.39, 0.29) is 11.7 Å². The normalized spacial score (nSPS) is 39.8. The standard InChI is InChI=1S/C15H22O3/c1-9(2)7-11(16)13(17)14(4)8-15(18)6-5-10(3)12(14)15/h7,11-12,16,18H,3,5-6,8H2,1-2,4H3/t11-,12+,14+,15+/m1/s1. The molecule has 0 aromatic heterocycles. The third kappa shape index (κ3) is 1.77. The molecule has 18 heavy (non-hydrogen) atoms. The Bertz CT molecular complexity index is 433. The molecule has 2 saturated carbocycles. The van der Waals surface area contributed by atoms with Gasteiger partial charge in [0.1, 0.15) is 6.10 Å². The van der Waals surface area contributed by atoms with Crippen LogP contribution in [-0.4, -0.2) is 27.7 Å². The fourth-order valence-electron chi connectivity index (χ4n) is 3.85. The van der Waals surface area contributed by atoms with Crippen LogP contribution in [-0.2, 0) is 4.79 Å². The lowest BCUT2D eigenvalue weighted by molar-refractivity contribution is -0.179. The number of hydrogen-bond acceptors (Lipinski definition) is 3. The molecule has 0 bridgehead atoms. The SMILES string of the molecule is C=C1CC[C@]2(O)C[C@](C)(C(=O)[C@H](O)C=C(C)C)[C@H]12. The summed E-state index contributed by atoms with van der Waals surface area (Å²) in [7, 11) is 0. The van der Waals surface area contributed by atoms with Gasteiger partial charge >= 0.3 is 0 Å². The minimum Gasteiger partial charge on any atom is -0.389 e. The van der Waals surface area contributed by atoms with Gasteiger partial charge < -0.3 is 10.2 Å². The number of rotatable bonds is 3. The van der Waals surface area contributed by atoms with E-state index >= 15 is 0 Å². The van der Waals surface area contributed by atoms with E-state index in [4.69, 9.17) is 0 Å². The van der Waals surface area contributed by atoms with Crippen LogP contribution in [0.5, 0.6) is 0 Å². The average molecular weight is 250 g/mol. The summed E-state index contributed by atoms with van der Waals surface area (Å²) in [6.07, 6.45) is 2.41. The Balaban J connectivity index is 2.22. The van der Waals surface area contributed by atoms with Crippen LogP contribution in [0.4, 0.5) is 0 Å². The van der Waals surface area contributed by atoms with Gasteiger partial charge in [0.2, 0.25) is 0 Å². The van der Waals surface area contributed by atoms with E-state index < -0.39 is 17.1 Å². The van der Waals surface area contributed by atoms with Crippen LogP contribution in [0.1, 0.15) is 40.0 Å². The zero-order valence-electron chi connectivity index (χ0n) is 11.4. The topological polar surface area (TPSA) is 57.5 Å². The van der Waals surface area contributed by atoms with Crippen molar-refractivity contribution in [1.29, 1.82) is 0 Å². The Labute approximate surface area is 108 Å². The van der Waals surface area contributed by atoms with E-state index in [1.807, 2.05) is 20.8 Å². The van der Waals surface area contributed by atoms with E-state index in [2.05, 4.69) is 6.58 Å². The van der Waals surface area contributed by atoms with Crippen LogP contribution in [0, 0.1) is 11.3 Å². The molecular formula is C15H22O3. The molecule has 2 aliphatic rings. The smallest absolute Gasteiger partial charge is 0.171 e. The molecule has 0 aromatic rings. The van der Waals surface area contributed by atoms with Crippen molar-refractivity contribution in [2.24, 2.45) is 11.3 Å². The maximum atomic E-state index is 12.4. The summed E-state index contributed by atoms with van der Waals surface area (Å²) in [5.41, 5.74) is 0.447. The van der Waals surface area contributed by atoms with Gasteiger partial charge in [-0.1, -0.05) is 30.7 Å². The van der Waals surface area contributed by atoms with Crippen molar-refractivity contribution in [2.45, 2.75) is 51.7 Å². The van der Waals surface area contributed by atoms with Crippen molar-refractivity contribution < 1.29 is 15.0 Å². The highest BCUT2D eigenvalue weighted by molar-refractivity contribution is 5.92. The quantitative estimate of drug-likeness (QED) is 0.753. The molecule has 0 aromatic carbocycles. The Kier molecular flexibility index (Phi) is 3.03. The lowest BCUT2D eigenvalue weighted by Gasteiger charge is -2.55. The molecule has 0 radical (unpaired) electrons. The molecule has 0 unspecified atom stereocenters. The average Bonchev–Trinajstić information content (AvgIpc) is 2.46. The minimum atomic E-state index is -1.07. The van der Waals surface area contributed by atoms with Gasteiger partial charge in [-0.25, -0.2) is 0 Å². The number of ketones is 1. The second-order valence-corrected chi connectivity index (χ2v) is 6.34. The number of carbonyl (C=O) groups is 1. The molecule has 0 aliphatic heterocycles. The van der Waals surface area contributed by atoms with E-state index in [1.165, 1.54) is 0 Å². The fraction of sp³-hybridized carbons (Fsp3) is 0.667. The highest BCUT2D eigenvalue weighted by atomic mass is 16.3. The minimum absolute atomic E-state index is 0.183. The summed E-state index contributed by atoms with van der Waals surface area (Å²) in [6.45, 7) is 9.51. The van der Waals surface area contributed by atoms with Gasteiger partial charge in [0.15, 0.2) is 5.78 Å². The van der Waals surface area contributed by atoms with E-state index in [0.717, 1.165) is 17.6 Å². The van der Waals surface area contributed by atoms with Crippen molar-refractivity contribution in [3.05, 3.63) is 23.8 Å². The van der Waals surface area contributed by atoms with Crippen molar-refractivity contribution in [3.63, 3.8) is 0 Å². The van der Waals surface area contributed by atoms with Crippen LogP contribution in [0.2, 0.25) is 0 Å². The number of carbonyl (C=O) groups excluding carboxylic acids is 1. The van der Waals surface area contributed by atoms with Gasteiger partial charge in [0, 0.05) is 11.3 Å². The van der Waals surface area contributed by atoms with Crippen LogP contribution in [0.3, 0.4) is 0 Å². The van der Waals surface area contributed by atoms with Crippen molar-refractivity contribution in [3.8, 4) is 0 Å². The number of aliphatic hydroxyl groups excluding tert-OH is 1. The molecule has 0 amide bonds. The van der Waals surface area contributed by atoms with Gasteiger partial charge in [0.25, 0.3) is 0 Å². The van der Waals surface area contributed by atoms with Crippen LogP contribution in [0.15, 0.2) is 23.8 Å². The molecule has 2 rings (SSSR count). The molecule has 0 saturated heterocycles. The Morgan fingerprint density at radius 3 is 2.67 bits per heavy atom. The zero-order valence-corrected chi connectivity index (χ0v) is 11.4. The van der Waals surface area contributed by atoms with Crippen LogP contribution in [0.25, 0.3) is 0 Å². The number of allylic oxidation sites excluding steroid dienone is 1. The first-order chi connectivity index (χ1) is 8.20. The lowest BCUT2D eigenvalue weighted by Crippen LogP contribution is -2.62. The molecular weight excluding hydrogens is 228 g/mol. The summed E-state index contributed by atoms with van der Waals surface area (Å²) < 4.78 is 0. The molecule has 3 heteroatoms. The molecule has 4 atom stereocenters. The van der Waals surface area contributed by atoms with E-state index in [0.29, 0.717) is 12.8 Å².